The van der Waals surface area contributed by atoms with E-state index in [4.69, 9.17) is 10.8 Å². The van der Waals surface area contributed by atoms with E-state index in [2.05, 4.69) is 72.9 Å². The minimum atomic E-state index is -1.82. The largest absolute Gasteiger partial charge is 0.413 e. The molecule has 0 heterocycles. The first-order valence-corrected chi connectivity index (χ1v) is 11.3. The van der Waals surface area contributed by atoms with Crippen molar-refractivity contribution >= 4 is 8.32 Å². The summed E-state index contributed by atoms with van der Waals surface area (Å²) in [5, 5.41) is 0.212. The van der Waals surface area contributed by atoms with Crippen LogP contribution in [0.25, 0.3) is 0 Å². The van der Waals surface area contributed by atoms with Crippen LogP contribution in [0.1, 0.15) is 54.4 Å². The van der Waals surface area contributed by atoms with Crippen LogP contribution in [0.3, 0.4) is 0 Å². The summed E-state index contributed by atoms with van der Waals surface area (Å²) in [6.07, 6.45) is 7.75. The van der Waals surface area contributed by atoms with E-state index in [1.165, 1.54) is 5.57 Å². The molecule has 1 rings (SSSR count). The van der Waals surface area contributed by atoms with Crippen molar-refractivity contribution in [2.24, 2.45) is 17.3 Å². The Hall–Kier alpha value is -0.743. The van der Waals surface area contributed by atoms with Crippen LogP contribution in [0.5, 0.6) is 0 Å². The molecule has 2 heteroatoms. The van der Waals surface area contributed by atoms with Crippen LogP contribution < -0.4 is 0 Å². The molecular weight excluding hydrogens is 284 g/mol. The second-order valence-corrected chi connectivity index (χ2v) is 13.8. The normalized spacial score (nSPS) is 28.0. The summed E-state index contributed by atoms with van der Waals surface area (Å²) in [5.74, 6) is 3.69. The third kappa shape index (κ3) is 3.77. The molecule has 1 saturated carbocycles. The standard InChI is InChI=1S/C20H34OSi/c1-11-13-16-14-20(7,8)18(17(16)15(3)12-2)21-22(9,10)19(4,5)6/h1,16-18H,2,13-14H2,3-10H3/t16-,17-,18+/m0/s1. The molecule has 0 aromatic heterocycles. The highest BCUT2D eigenvalue weighted by molar-refractivity contribution is 6.74. The van der Waals surface area contributed by atoms with Gasteiger partial charge in [-0.15, -0.1) is 18.1 Å². The molecule has 0 saturated heterocycles. The summed E-state index contributed by atoms with van der Waals surface area (Å²) in [5.41, 5.74) is 4.46. The van der Waals surface area contributed by atoms with E-state index in [0.717, 1.165) is 12.8 Å². The molecule has 0 aromatic rings. The maximum Gasteiger partial charge on any atom is 0.192 e. The quantitative estimate of drug-likeness (QED) is 0.362. The minimum absolute atomic E-state index is 0.139. The Morgan fingerprint density at radius 1 is 1.36 bits per heavy atom. The number of hydrogen-bond acceptors (Lipinski definition) is 1. The van der Waals surface area contributed by atoms with Crippen molar-refractivity contribution in [3.05, 3.63) is 17.9 Å². The highest BCUT2D eigenvalue weighted by atomic mass is 28.4. The van der Waals surface area contributed by atoms with E-state index in [-0.39, 0.29) is 16.6 Å². The lowest BCUT2D eigenvalue weighted by molar-refractivity contribution is 0.0645. The van der Waals surface area contributed by atoms with E-state index in [1.54, 1.807) is 0 Å². The fourth-order valence-electron chi connectivity index (χ4n) is 3.43. The molecule has 0 aromatic carbocycles. The molecule has 0 N–H and O–H groups in total. The average molecular weight is 319 g/mol. The fourth-order valence-corrected chi connectivity index (χ4v) is 4.88. The zero-order valence-corrected chi connectivity index (χ0v) is 16.8. The summed E-state index contributed by atoms with van der Waals surface area (Å²) in [6, 6.07) is 0. The molecular formula is C20H34OSi. The third-order valence-electron chi connectivity index (χ3n) is 5.78. The SMILES string of the molecule is C#CC[C@H]1CC(C)(C)[C@H](O[Si](C)(C)C(C)(C)C)[C@H]1C(C)=C=C. The van der Waals surface area contributed by atoms with Crippen molar-refractivity contribution in [3.63, 3.8) is 0 Å². The van der Waals surface area contributed by atoms with Gasteiger partial charge in [0.25, 0.3) is 0 Å². The van der Waals surface area contributed by atoms with Gasteiger partial charge in [-0.1, -0.05) is 41.2 Å². The Balaban J connectivity index is 3.23. The second kappa shape index (κ2) is 6.40. The van der Waals surface area contributed by atoms with Gasteiger partial charge >= 0.3 is 0 Å². The van der Waals surface area contributed by atoms with Crippen LogP contribution >= 0.6 is 0 Å². The fraction of sp³-hybridized carbons (Fsp3) is 0.750. The molecule has 1 fully saturated rings. The summed E-state index contributed by atoms with van der Waals surface area (Å²) < 4.78 is 6.87. The molecule has 0 amide bonds. The molecule has 3 atom stereocenters. The maximum absolute atomic E-state index is 6.87. The molecule has 1 nitrogen and oxygen atoms in total. The number of hydrogen-bond donors (Lipinski definition) is 0. The first kappa shape index (κ1) is 19.3. The Kier molecular flexibility index (Phi) is 5.62. The first-order chi connectivity index (χ1) is 9.87. The summed E-state index contributed by atoms with van der Waals surface area (Å²) >= 11 is 0. The van der Waals surface area contributed by atoms with Gasteiger partial charge in [-0.25, -0.2) is 0 Å². The van der Waals surface area contributed by atoms with Gasteiger partial charge in [-0.05, 0) is 48.4 Å². The number of terminal acetylenes is 1. The molecule has 1 aliphatic rings. The maximum atomic E-state index is 6.87. The van der Waals surface area contributed by atoms with Crippen molar-refractivity contribution in [2.45, 2.75) is 78.6 Å². The van der Waals surface area contributed by atoms with Crippen LogP contribution in [0.2, 0.25) is 18.1 Å². The van der Waals surface area contributed by atoms with Gasteiger partial charge in [-0.3, -0.25) is 0 Å². The molecule has 124 valence electrons. The molecule has 0 radical (unpaired) electrons. The molecule has 0 aliphatic heterocycles. The van der Waals surface area contributed by atoms with Gasteiger partial charge in [0.15, 0.2) is 8.32 Å². The van der Waals surface area contributed by atoms with Gasteiger partial charge in [0.2, 0.25) is 0 Å². The van der Waals surface area contributed by atoms with Crippen LogP contribution in [-0.2, 0) is 4.43 Å². The Labute approximate surface area is 139 Å². The Morgan fingerprint density at radius 3 is 2.32 bits per heavy atom. The molecule has 0 bridgehead atoms. The van der Waals surface area contributed by atoms with Crippen LogP contribution in [-0.4, -0.2) is 14.4 Å². The first-order valence-electron chi connectivity index (χ1n) is 8.35. The Bertz CT molecular complexity index is 495. The van der Waals surface area contributed by atoms with Crippen molar-refractivity contribution in [3.8, 4) is 12.3 Å². The molecule has 0 spiro atoms. The molecule has 22 heavy (non-hydrogen) atoms. The zero-order valence-electron chi connectivity index (χ0n) is 15.8. The lowest BCUT2D eigenvalue weighted by Gasteiger charge is -2.43. The summed E-state index contributed by atoms with van der Waals surface area (Å²) in [4.78, 5) is 0. The van der Waals surface area contributed by atoms with Crippen molar-refractivity contribution < 1.29 is 4.43 Å². The molecule has 0 unspecified atom stereocenters. The Morgan fingerprint density at radius 2 is 1.91 bits per heavy atom. The van der Waals surface area contributed by atoms with Gasteiger partial charge in [0.05, 0.1) is 6.10 Å². The number of rotatable bonds is 4. The smallest absolute Gasteiger partial charge is 0.192 e. The summed E-state index contributed by atoms with van der Waals surface area (Å²) in [7, 11) is -1.82. The van der Waals surface area contributed by atoms with Crippen LogP contribution in [0, 0.1) is 29.6 Å². The van der Waals surface area contributed by atoms with Crippen molar-refractivity contribution in [1.82, 2.24) is 0 Å². The highest BCUT2D eigenvalue weighted by Crippen LogP contribution is 2.53. The van der Waals surface area contributed by atoms with Crippen molar-refractivity contribution in [2.75, 3.05) is 0 Å². The predicted octanol–water partition coefficient (Wildman–Crippen LogP) is 5.79. The van der Waals surface area contributed by atoms with E-state index in [1.807, 2.05) is 0 Å². The average Bonchev–Trinajstić information content (AvgIpc) is 2.58. The second-order valence-electron chi connectivity index (χ2n) is 9.05. The van der Waals surface area contributed by atoms with E-state index in [0.29, 0.717) is 11.8 Å². The van der Waals surface area contributed by atoms with Gasteiger partial charge < -0.3 is 4.43 Å². The van der Waals surface area contributed by atoms with Crippen LogP contribution in [0.4, 0.5) is 0 Å². The molecule has 1 aliphatic carbocycles. The third-order valence-corrected chi connectivity index (χ3v) is 10.2. The van der Waals surface area contributed by atoms with Gasteiger partial charge in [-0.2, -0.15) is 0 Å². The highest BCUT2D eigenvalue weighted by Gasteiger charge is 2.52. The van der Waals surface area contributed by atoms with E-state index < -0.39 is 8.32 Å². The monoisotopic (exact) mass is 318 g/mol. The van der Waals surface area contributed by atoms with Crippen LogP contribution in [0.15, 0.2) is 17.9 Å². The lowest BCUT2D eigenvalue weighted by atomic mass is 9.84. The van der Waals surface area contributed by atoms with Gasteiger partial charge in [0.1, 0.15) is 0 Å². The topological polar surface area (TPSA) is 9.23 Å². The van der Waals surface area contributed by atoms with E-state index in [9.17, 15) is 0 Å². The minimum Gasteiger partial charge on any atom is -0.413 e. The summed E-state index contributed by atoms with van der Waals surface area (Å²) in [6.45, 7) is 22.2. The van der Waals surface area contributed by atoms with Crippen molar-refractivity contribution in [1.29, 1.82) is 0 Å². The van der Waals surface area contributed by atoms with E-state index >= 15 is 0 Å². The lowest BCUT2D eigenvalue weighted by Crippen LogP contribution is -2.48. The zero-order chi connectivity index (χ0) is 17.3. The predicted molar refractivity (Wildman–Crippen MR) is 99.2 cm³/mol. The van der Waals surface area contributed by atoms with Gasteiger partial charge in [0, 0.05) is 12.3 Å².